The summed E-state index contributed by atoms with van der Waals surface area (Å²) in [6, 6.07) is 0. The predicted molar refractivity (Wildman–Crippen MR) is 88.9 cm³/mol. The Morgan fingerprint density at radius 1 is 1.00 bits per heavy atom. The highest BCUT2D eigenvalue weighted by molar-refractivity contribution is 5.86. The summed E-state index contributed by atoms with van der Waals surface area (Å²) in [6.45, 7) is 4.43. The Balaban J connectivity index is 1.50. The van der Waals surface area contributed by atoms with Crippen LogP contribution in [0.4, 0.5) is 0 Å². The second-order valence-electron chi connectivity index (χ2n) is 7.22. The number of nitrogens with zero attached hydrogens (tertiary/aromatic N) is 3. The third-order valence-electron chi connectivity index (χ3n) is 5.72. The van der Waals surface area contributed by atoms with Gasteiger partial charge in [0.25, 0.3) is 0 Å². The summed E-state index contributed by atoms with van der Waals surface area (Å²) >= 11 is 0. The molecule has 3 rings (SSSR count). The van der Waals surface area contributed by atoms with Gasteiger partial charge in [-0.05, 0) is 37.5 Å². The van der Waals surface area contributed by atoms with Gasteiger partial charge < -0.3 is 15.1 Å². The van der Waals surface area contributed by atoms with Crippen molar-refractivity contribution in [2.24, 2.45) is 10.4 Å². The van der Waals surface area contributed by atoms with E-state index in [0.717, 1.165) is 45.0 Å². The highest BCUT2D eigenvalue weighted by atomic mass is 16.2. The van der Waals surface area contributed by atoms with E-state index in [1.165, 1.54) is 38.5 Å². The lowest BCUT2D eigenvalue weighted by Crippen LogP contribution is -2.46. The Morgan fingerprint density at radius 3 is 2.41 bits per heavy atom. The van der Waals surface area contributed by atoms with Crippen LogP contribution in [0.25, 0.3) is 0 Å². The number of guanidine groups is 1. The number of nitrogens with one attached hydrogen (secondary N) is 1. The van der Waals surface area contributed by atoms with Crippen molar-refractivity contribution in [1.82, 2.24) is 15.1 Å². The summed E-state index contributed by atoms with van der Waals surface area (Å²) < 4.78 is 0. The molecule has 0 atom stereocenters. The van der Waals surface area contributed by atoms with Gasteiger partial charge >= 0.3 is 0 Å². The van der Waals surface area contributed by atoms with E-state index in [1.54, 1.807) is 0 Å². The average Bonchev–Trinajstić information content (AvgIpc) is 3.19. The van der Waals surface area contributed by atoms with Gasteiger partial charge in [-0.3, -0.25) is 9.79 Å². The van der Waals surface area contributed by atoms with Crippen LogP contribution in [0.5, 0.6) is 0 Å². The third kappa shape index (κ3) is 3.39. The number of carbonyl (C=O) groups excluding carboxylic acids is 1. The summed E-state index contributed by atoms with van der Waals surface area (Å²) in [5.74, 6) is 1.13. The standard InChI is InChI=1S/C17H30N4O/c1-18-16(19-13-15(22)20-10-5-6-11-20)21-12-9-17(14-21)7-3-2-4-8-17/h2-14H2,1H3,(H,18,19). The Bertz CT molecular complexity index is 422. The molecule has 0 aromatic heterocycles. The first-order valence-corrected chi connectivity index (χ1v) is 8.96. The maximum absolute atomic E-state index is 12.2. The smallest absolute Gasteiger partial charge is 0.241 e. The van der Waals surface area contributed by atoms with Gasteiger partial charge in [-0.1, -0.05) is 19.3 Å². The Kier molecular flexibility index (Phi) is 4.89. The van der Waals surface area contributed by atoms with Crippen molar-refractivity contribution in [2.45, 2.75) is 51.4 Å². The number of amides is 1. The van der Waals surface area contributed by atoms with E-state index in [0.29, 0.717) is 12.0 Å². The average molecular weight is 306 g/mol. The molecule has 1 amide bonds. The molecular formula is C17H30N4O. The van der Waals surface area contributed by atoms with Gasteiger partial charge in [-0.25, -0.2) is 0 Å². The zero-order valence-electron chi connectivity index (χ0n) is 13.9. The van der Waals surface area contributed by atoms with Gasteiger partial charge in [0.2, 0.25) is 5.91 Å². The maximum Gasteiger partial charge on any atom is 0.241 e. The molecule has 2 aliphatic heterocycles. The van der Waals surface area contributed by atoms with Crippen LogP contribution >= 0.6 is 0 Å². The van der Waals surface area contributed by atoms with E-state index in [2.05, 4.69) is 15.2 Å². The Hall–Kier alpha value is -1.26. The first-order chi connectivity index (χ1) is 10.7. The quantitative estimate of drug-likeness (QED) is 0.625. The zero-order chi connectivity index (χ0) is 15.4. The Labute approximate surface area is 134 Å². The summed E-state index contributed by atoms with van der Waals surface area (Å²) in [7, 11) is 1.83. The molecule has 2 saturated heterocycles. The molecule has 0 aromatic rings. The molecule has 1 saturated carbocycles. The summed E-state index contributed by atoms with van der Waals surface area (Å²) in [5, 5.41) is 3.29. The molecule has 1 aliphatic carbocycles. The van der Waals surface area contributed by atoms with Crippen molar-refractivity contribution in [3.8, 4) is 0 Å². The third-order valence-corrected chi connectivity index (χ3v) is 5.72. The van der Waals surface area contributed by atoms with Gasteiger partial charge in [0.15, 0.2) is 5.96 Å². The van der Waals surface area contributed by atoms with Crippen LogP contribution in [0, 0.1) is 5.41 Å². The highest BCUT2D eigenvalue weighted by Gasteiger charge is 2.39. The topological polar surface area (TPSA) is 47.9 Å². The van der Waals surface area contributed by atoms with Crippen molar-refractivity contribution in [3.63, 3.8) is 0 Å². The lowest BCUT2D eigenvalue weighted by Gasteiger charge is -2.33. The highest BCUT2D eigenvalue weighted by Crippen LogP contribution is 2.43. The molecule has 124 valence electrons. The van der Waals surface area contributed by atoms with Gasteiger partial charge in [-0.2, -0.15) is 0 Å². The lowest BCUT2D eigenvalue weighted by molar-refractivity contribution is -0.128. The molecule has 0 aromatic carbocycles. The van der Waals surface area contributed by atoms with Gasteiger partial charge in [0.1, 0.15) is 0 Å². The monoisotopic (exact) mass is 306 g/mol. The SMILES string of the molecule is CN=C(NCC(=O)N1CCCC1)N1CCC2(CCCCC2)C1. The van der Waals surface area contributed by atoms with Crippen molar-refractivity contribution >= 4 is 11.9 Å². The van der Waals surface area contributed by atoms with Crippen molar-refractivity contribution < 1.29 is 4.79 Å². The van der Waals surface area contributed by atoms with Crippen LogP contribution in [0.3, 0.4) is 0 Å². The largest absolute Gasteiger partial charge is 0.347 e. The molecular weight excluding hydrogens is 276 g/mol. The molecule has 1 spiro atoms. The molecule has 22 heavy (non-hydrogen) atoms. The van der Waals surface area contributed by atoms with Crippen molar-refractivity contribution in [3.05, 3.63) is 0 Å². The lowest BCUT2D eigenvalue weighted by atomic mass is 9.73. The van der Waals surface area contributed by atoms with Crippen LogP contribution in [-0.2, 0) is 4.79 Å². The van der Waals surface area contributed by atoms with Crippen LogP contribution in [0.1, 0.15) is 51.4 Å². The van der Waals surface area contributed by atoms with Crippen LogP contribution in [0.15, 0.2) is 4.99 Å². The minimum atomic E-state index is 0.213. The number of rotatable bonds is 2. The van der Waals surface area contributed by atoms with E-state index in [-0.39, 0.29) is 5.91 Å². The molecule has 5 nitrogen and oxygen atoms in total. The van der Waals surface area contributed by atoms with E-state index < -0.39 is 0 Å². The summed E-state index contributed by atoms with van der Waals surface area (Å²) in [5.41, 5.74) is 0.523. The zero-order valence-corrected chi connectivity index (χ0v) is 13.9. The molecule has 3 fully saturated rings. The first kappa shape index (κ1) is 15.6. The van der Waals surface area contributed by atoms with Crippen molar-refractivity contribution in [1.29, 1.82) is 0 Å². The fourth-order valence-corrected chi connectivity index (χ4v) is 4.39. The van der Waals surface area contributed by atoms with Gasteiger partial charge in [0, 0.05) is 33.2 Å². The summed E-state index contributed by atoms with van der Waals surface area (Å²) in [6.07, 6.45) is 10.5. The van der Waals surface area contributed by atoms with E-state index >= 15 is 0 Å². The van der Waals surface area contributed by atoms with E-state index in [1.807, 2.05) is 11.9 Å². The van der Waals surface area contributed by atoms with Crippen molar-refractivity contribution in [2.75, 3.05) is 39.8 Å². The fraction of sp³-hybridized carbons (Fsp3) is 0.882. The predicted octanol–water partition coefficient (Wildman–Crippen LogP) is 1.84. The number of likely N-dealkylation sites (tertiary alicyclic amines) is 2. The number of carbonyl (C=O) groups is 1. The molecule has 0 bridgehead atoms. The molecule has 2 heterocycles. The fourth-order valence-electron chi connectivity index (χ4n) is 4.39. The van der Waals surface area contributed by atoms with Gasteiger partial charge in [-0.15, -0.1) is 0 Å². The molecule has 1 N–H and O–H groups in total. The number of aliphatic imine (C=N–C) groups is 1. The van der Waals surface area contributed by atoms with E-state index in [4.69, 9.17) is 0 Å². The molecule has 0 radical (unpaired) electrons. The molecule has 5 heteroatoms. The second-order valence-corrected chi connectivity index (χ2v) is 7.22. The van der Waals surface area contributed by atoms with Crippen LogP contribution in [-0.4, -0.2) is 61.4 Å². The number of hydrogen-bond donors (Lipinski definition) is 1. The Morgan fingerprint density at radius 2 is 1.73 bits per heavy atom. The normalized spacial score (nSPS) is 25.0. The summed E-state index contributed by atoms with van der Waals surface area (Å²) in [4.78, 5) is 20.9. The first-order valence-electron chi connectivity index (χ1n) is 8.96. The van der Waals surface area contributed by atoms with E-state index in [9.17, 15) is 4.79 Å². The number of hydrogen-bond acceptors (Lipinski definition) is 2. The van der Waals surface area contributed by atoms with Gasteiger partial charge in [0.05, 0.1) is 6.54 Å². The molecule has 3 aliphatic rings. The minimum absolute atomic E-state index is 0.213. The van der Waals surface area contributed by atoms with Crippen LogP contribution in [0.2, 0.25) is 0 Å². The maximum atomic E-state index is 12.2. The second kappa shape index (κ2) is 6.88. The minimum Gasteiger partial charge on any atom is -0.347 e. The molecule has 0 unspecified atom stereocenters. The van der Waals surface area contributed by atoms with Crippen LogP contribution < -0.4 is 5.32 Å².